The summed E-state index contributed by atoms with van der Waals surface area (Å²) in [5.41, 5.74) is 20.0. The van der Waals surface area contributed by atoms with Gasteiger partial charge in [0.05, 0.1) is 11.4 Å². The molecular formula is C56H88Li2N4P2. The van der Waals surface area contributed by atoms with Gasteiger partial charge in [0.1, 0.15) is 0 Å². The summed E-state index contributed by atoms with van der Waals surface area (Å²) in [4.78, 5) is 13.1. The second-order valence-corrected chi connectivity index (χ2v) is 31.9. The molecule has 3 aliphatic rings. The maximum Gasteiger partial charge on any atom is 1.00 e. The van der Waals surface area contributed by atoms with Crippen molar-refractivity contribution in [3.63, 3.8) is 0 Å². The topological polar surface area (TPSA) is 52.9 Å². The van der Waals surface area contributed by atoms with Crippen molar-refractivity contribution >= 4 is 26.1 Å². The number of benzene rings is 2. The molecule has 0 bridgehead atoms. The SMILES string of the molecule is CC1=C(C)C(C)(P2(=Nc3c(C(C)(C)C)cc(C(C)(C)C)cc3C(C)(C)C)[N-]P(=Nc3c(C(C)(C)C)cc(C(C)(C)C)cc3C(C)(C)C)(C3(C)C(C)=C(C)C(C)=C3C)[N-]2)C(C)=C1C.[Li+].[Li+]. The average Bonchev–Trinajstić information content (AvgIpc) is 3.34. The summed E-state index contributed by atoms with van der Waals surface area (Å²) in [6.45, 7) is 65.7. The average molecular weight is 893 g/mol. The molecule has 1 fully saturated rings. The molecule has 0 spiro atoms. The van der Waals surface area contributed by atoms with Crippen LogP contribution >= 0.6 is 14.7 Å². The Kier molecular flexibility index (Phi) is 15.6. The van der Waals surface area contributed by atoms with E-state index < -0.39 is 25.0 Å². The predicted octanol–water partition coefficient (Wildman–Crippen LogP) is 14.2. The van der Waals surface area contributed by atoms with Crippen LogP contribution in [0.1, 0.15) is 227 Å². The van der Waals surface area contributed by atoms with Gasteiger partial charge >= 0.3 is 37.7 Å². The smallest absolute Gasteiger partial charge is 0.609 e. The first-order valence-electron chi connectivity index (χ1n) is 23.4. The summed E-state index contributed by atoms with van der Waals surface area (Å²) in [6, 6.07) is 9.84. The Bertz CT molecular complexity index is 2180. The predicted molar refractivity (Wildman–Crippen MR) is 280 cm³/mol. The Labute approximate surface area is 419 Å². The van der Waals surface area contributed by atoms with Crippen molar-refractivity contribution in [2.24, 2.45) is 9.49 Å². The summed E-state index contributed by atoms with van der Waals surface area (Å²) < 4.78 is 12.7. The quantitative estimate of drug-likeness (QED) is 0.217. The minimum Gasteiger partial charge on any atom is -0.609 e. The third kappa shape index (κ3) is 9.13. The summed E-state index contributed by atoms with van der Waals surface area (Å²) in [5.74, 6) is 0. The van der Waals surface area contributed by atoms with Gasteiger partial charge in [-0.15, -0.1) is 0 Å². The summed E-state index contributed by atoms with van der Waals surface area (Å²) in [5, 5.41) is -0.978. The van der Waals surface area contributed by atoms with Crippen LogP contribution in [0, 0.1) is 0 Å². The third-order valence-corrected chi connectivity index (χ3v) is 24.3. The molecular weight excluding hydrogens is 804 g/mol. The molecule has 1 saturated heterocycles. The molecule has 1 aliphatic heterocycles. The van der Waals surface area contributed by atoms with Crippen molar-refractivity contribution in [2.45, 2.75) is 237 Å². The first kappa shape index (κ1) is 57.3. The number of allylic oxidation sites excluding steroid dienone is 8. The van der Waals surface area contributed by atoms with E-state index in [0.717, 1.165) is 11.4 Å². The Hall–Kier alpha value is -1.03. The fourth-order valence-electron chi connectivity index (χ4n) is 9.95. The maximum absolute atomic E-state index is 6.54. The van der Waals surface area contributed by atoms with Crippen molar-refractivity contribution in [1.29, 1.82) is 0 Å². The first-order valence-corrected chi connectivity index (χ1v) is 26.7. The van der Waals surface area contributed by atoms with Gasteiger partial charge in [-0.05, 0) is 157 Å². The Morgan fingerprint density at radius 3 is 0.703 bits per heavy atom. The van der Waals surface area contributed by atoms with Crippen LogP contribution in [0.4, 0.5) is 11.4 Å². The van der Waals surface area contributed by atoms with Gasteiger partial charge in [-0.25, -0.2) is 0 Å². The van der Waals surface area contributed by atoms with E-state index in [-0.39, 0.29) is 70.2 Å². The summed E-state index contributed by atoms with van der Waals surface area (Å²) in [7, 11) is -6.02. The van der Waals surface area contributed by atoms with Crippen molar-refractivity contribution in [3.8, 4) is 0 Å². The van der Waals surface area contributed by atoms with Crippen LogP contribution in [-0.2, 0) is 32.5 Å². The van der Waals surface area contributed by atoms with Gasteiger partial charge in [0.25, 0.3) is 0 Å². The van der Waals surface area contributed by atoms with Crippen LogP contribution in [0.25, 0.3) is 9.72 Å². The number of rotatable bonds is 4. The summed E-state index contributed by atoms with van der Waals surface area (Å²) >= 11 is 0. The molecule has 0 aromatic heterocycles. The molecule has 0 amide bonds. The molecule has 8 heteroatoms. The molecule has 0 atom stereocenters. The molecule has 2 aliphatic carbocycles. The molecule has 5 rings (SSSR count). The Morgan fingerprint density at radius 1 is 0.359 bits per heavy atom. The van der Waals surface area contributed by atoms with E-state index in [1.165, 1.54) is 78.0 Å². The Morgan fingerprint density at radius 2 is 0.547 bits per heavy atom. The number of hydrogen-bond donors (Lipinski definition) is 0. The van der Waals surface area contributed by atoms with Gasteiger partial charge in [-0.1, -0.05) is 171 Å². The fourth-order valence-corrected chi connectivity index (χ4v) is 20.1. The van der Waals surface area contributed by atoms with Gasteiger partial charge in [0, 0.05) is 10.3 Å². The van der Waals surface area contributed by atoms with E-state index in [4.69, 9.17) is 19.2 Å². The van der Waals surface area contributed by atoms with E-state index in [9.17, 15) is 0 Å². The molecule has 344 valence electrons. The monoisotopic (exact) mass is 893 g/mol. The molecule has 0 saturated carbocycles. The first-order chi connectivity index (χ1) is 27.5. The van der Waals surface area contributed by atoms with Gasteiger partial charge in [-0.3, -0.25) is 0 Å². The van der Waals surface area contributed by atoms with Crippen LogP contribution in [0.2, 0.25) is 0 Å². The molecule has 1 heterocycles. The largest absolute Gasteiger partial charge is 1.00 e. The van der Waals surface area contributed by atoms with Crippen LogP contribution in [0.5, 0.6) is 0 Å². The van der Waals surface area contributed by atoms with E-state index in [0.29, 0.717) is 0 Å². The van der Waals surface area contributed by atoms with Gasteiger partial charge in [0.2, 0.25) is 0 Å². The molecule has 64 heavy (non-hydrogen) atoms. The van der Waals surface area contributed by atoms with Gasteiger partial charge < -0.3 is 19.2 Å². The molecule has 0 unspecified atom stereocenters. The van der Waals surface area contributed by atoms with Crippen molar-refractivity contribution in [1.82, 2.24) is 0 Å². The van der Waals surface area contributed by atoms with E-state index in [2.05, 4.69) is 218 Å². The van der Waals surface area contributed by atoms with Crippen molar-refractivity contribution < 1.29 is 37.7 Å². The third-order valence-electron chi connectivity index (χ3n) is 15.7. The molecule has 0 N–H and O–H groups in total. The van der Waals surface area contributed by atoms with Crippen molar-refractivity contribution in [3.05, 3.63) is 112 Å². The second-order valence-electron chi connectivity index (χ2n) is 26.0. The van der Waals surface area contributed by atoms with E-state index in [1.54, 1.807) is 0 Å². The minimum absolute atomic E-state index is 0. The van der Waals surface area contributed by atoms with Crippen LogP contribution < -0.4 is 37.7 Å². The summed E-state index contributed by atoms with van der Waals surface area (Å²) in [6.07, 6.45) is 0. The van der Waals surface area contributed by atoms with Gasteiger partial charge in [0.15, 0.2) is 0 Å². The molecule has 0 radical (unpaired) electrons. The molecule has 4 nitrogen and oxygen atoms in total. The standard InChI is InChI=1S/C56H88N4P2.2Li/c1-33-34(2)38(6)55(27,37(33)5)61(57-47-43(51(15,16)17)29-41(49(9,10)11)30-44(47)52(18,19)20)59-62(60-61,56(28)39(7)35(3)36(4)40(56)8)58-48-45(53(21,22)23)31-42(50(12,13)14)32-46(48)54(24,25)26;;/h29-32H,1-28H3;;/q-2;2*+1. The number of hydrogen-bond acceptors (Lipinski definition) is 2. The zero-order chi connectivity index (χ0) is 47.9. The van der Waals surface area contributed by atoms with Crippen LogP contribution in [-0.4, -0.2) is 10.3 Å². The minimum atomic E-state index is -3.01. The zero-order valence-corrected chi connectivity index (χ0v) is 48.8. The van der Waals surface area contributed by atoms with Gasteiger partial charge in [-0.2, -0.15) is 14.7 Å². The number of nitrogens with zero attached hydrogens (tertiary/aromatic N) is 4. The fraction of sp³-hybridized carbons (Fsp3) is 0.643. The normalized spacial score (nSPS) is 23.1. The van der Waals surface area contributed by atoms with E-state index in [1.807, 2.05) is 0 Å². The maximum atomic E-state index is 6.54. The van der Waals surface area contributed by atoms with Crippen LogP contribution in [0.3, 0.4) is 0 Å². The Balaban J connectivity index is 0.00000544. The van der Waals surface area contributed by atoms with E-state index >= 15 is 0 Å². The second kappa shape index (κ2) is 17.4. The zero-order valence-electron chi connectivity index (χ0n) is 47.0. The molecule has 2 aromatic rings. The molecule has 2 aromatic carbocycles. The van der Waals surface area contributed by atoms with Crippen LogP contribution in [0.15, 0.2) is 78.3 Å². The van der Waals surface area contributed by atoms with Crippen molar-refractivity contribution in [2.75, 3.05) is 0 Å².